The molecule has 1 aliphatic heterocycles. The molecule has 1 aromatic carbocycles. The van der Waals surface area contributed by atoms with E-state index in [9.17, 15) is 22.0 Å². The van der Waals surface area contributed by atoms with Crippen molar-refractivity contribution >= 4 is 5.96 Å². The van der Waals surface area contributed by atoms with E-state index < -0.39 is 24.4 Å². The zero-order chi connectivity index (χ0) is 18.4. The summed E-state index contributed by atoms with van der Waals surface area (Å²) < 4.78 is 63.9. The quantitative estimate of drug-likeness (QED) is 0.479. The number of likely N-dealkylation sites (tertiary alicyclic amines) is 1. The van der Waals surface area contributed by atoms with E-state index in [0.717, 1.165) is 18.2 Å². The number of guanidine groups is 1. The third-order valence-corrected chi connectivity index (χ3v) is 4.01. The maximum atomic E-state index is 13.6. The third-order valence-electron chi connectivity index (χ3n) is 4.01. The molecule has 1 aliphatic rings. The molecule has 1 heterocycles. The molecule has 25 heavy (non-hydrogen) atoms. The minimum Gasteiger partial charge on any atom is -0.356 e. The van der Waals surface area contributed by atoms with Gasteiger partial charge in [0.25, 0.3) is 0 Å². The summed E-state index contributed by atoms with van der Waals surface area (Å²) in [7, 11) is 1.53. The van der Waals surface area contributed by atoms with Crippen LogP contribution in [0.3, 0.4) is 0 Å². The van der Waals surface area contributed by atoms with Crippen LogP contribution in [0.4, 0.5) is 22.0 Å². The fourth-order valence-electron chi connectivity index (χ4n) is 2.80. The molecule has 0 saturated carbocycles. The molecule has 0 radical (unpaired) electrons. The first kappa shape index (κ1) is 19.4. The standard InChI is InChI=1S/C16H21F5N4/c1-22-15(24-8-12-6-13(17)2-3-14(12)18)23-7-11-4-5-25(9-11)10-16(19,20)21/h2-3,6,11H,4-5,7-10H2,1H3,(H2,22,23,24). The average Bonchev–Trinajstić information content (AvgIpc) is 2.96. The predicted molar refractivity (Wildman–Crippen MR) is 85.2 cm³/mol. The summed E-state index contributed by atoms with van der Waals surface area (Å²) in [5, 5.41) is 5.88. The van der Waals surface area contributed by atoms with Crippen LogP contribution in [-0.4, -0.2) is 50.3 Å². The molecule has 1 atom stereocenters. The largest absolute Gasteiger partial charge is 0.401 e. The number of hydrogen-bond acceptors (Lipinski definition) is 2. The van der Waals surface area contributed by atoms with Crippen molar-refractivity contribution in [3.8, 4) is 0 Å². The predicted octanol–water partition coefficient (Wildman–Crippen LogP) is 2.51. The molecule has 4 nitrogen and oxygen atoms in total. The van der Waals surface area contributed by atoms with Crippen molar-refractivity contribution in [2.75, 3.05) is 33.2 Å². The Bertz CT molecular complexity index is 603. The monoisotopic (exact) mass is 364 g/mol. The smallest absolute Gasteiger partial charge is 0.356 e. The van der Waals surface area contributed by atoms with Crippen LogP contribution in [-0.2, 0) is 6.54 Å². The normalized spacial score (nSPS) is 19.3. The lowest BCUT2D eigenvalue weighted by Gasteiger charge is -2.18. The maximum Gasteiger partial charge on any atom is 0.401 e. The van der Waals surface area contributed by atoms with E-state index in [-0.39, 0.29) is 18.0 Å². The SMILES string of the molecule is CN=C(NCc1cc(F)ccc1F)NCC1CCN(CC(F)(F)F)C1. The van der Waals surface area contributed by atoms with Gasteiger partial charge >= 0.3 is 6.18 Å². The van der Waals surface area contributed by atoms with E-state index in [2.05, 4.69) is 15.6 Å². The molecule has 0 aromatic heterocycles. The number of hydrogen-bond donors (Lipinski definition) is 2. The second-order valence-corrected chi connectivity index (χ2v) is 6.05. The summed E-state index contributed by atoms with van der Waals surface area (Å²) in [6, 6.07) is 3.19. The Morgan fingerprint density at radius 2 is 2.04 bits per heavy atom. The molecule has 140 valence electrons. The Hall–Kier alpha value is -1.90. The van der Waals surface area contributed by atoms with Crippen LogP contribution < -0.4 is 10.6 Å². The van der Waals surface area contributed by atoms with Crippen molar-refractivity contribution < 1.29 is 22.0 Å². The van der Waals surface area contributed by atoms with Crippen LogP contribution in [0.25, 0.3) is 0 Å². The van der Waals surface area contributed by atoms with Gasteiger partial charge in [-0.2, -0.15) is 13.2 Å². The van der Waals surface area contributed by atoms with Crippen molar-refractivity contribution in [3.05, 3.63) is 35.4 Å². The van der Waals surface area contributed by atoms with Gasteiger partial charge in [-0.05, 0) is 37.1 Å². The van der Waals surface area contributed by atoms with Gasteiger partial charge in [0.15, 0.2) is 5.96 Å². The minimum atomic E-state index is -4.19. The summed E-state index contributed by atoms with van der Waals surface area (Å²) >= 11 is 0. The number of alkyl halides is 3. The molecule has 1 saturated heterocycles. The Morgan fingerprint density at radius 3 is 2.72 bits per heavy atom. The Kier molecular flexibility index (Phi) is 6.57. The lowest BCUT2D eigenvalue weighted by atomic mass is 10.1. The lowest BCUT2D eigenvalue weighted by Crippen LogP contribution is -2.40. The summed E-state index contributed by atoms with van der Waals surface area (Å²) in [4.78, 5) is 5.36. The van der Waals surface area contributed by atoms with Crippen LogP contribution in [0.15, 0.2) is 23.2 Å². The first-order valence-corrected chi connectivity index (χ1v) is 7.94. The molecule has 9 heteroatoms. The van der Waals surface area contributed by atoms with E-state index in [0.29, 0.717) is 32.0 Å². The summed E-state index contributed by atoms with van der Waals surface area (Å²) in [5.41, 5.74) is 0.167. The van der Waals surface area contributed by atoms with Crippen molar-refractivity contribution in [2.45, 2.75) is 19.1 Å². The second kappa shape index (κ2) is 8.46. The van der Waals surface area contributed by atoms with Crippen LogP contribution in [0.2, 0.25) is 0 Å². The van der Waals surface area contributed by atoms with Gasteiger partial charge in [0.2, 0.25) is 0 Å². The fraction of sp³-hybridized carbons (Fsp3) is 0.562. The molecule has 2 N–H and O–H groups in total. The maximum absolute atomic E-state index is 13.6. The number of benzene rings is 1. The Labute approximate surface area is 143 Å². The van der Waals surface area contributed by atoms with Crippen molar-refractivity contribution in [3.63, 3.8) is 0 Å². The molecular formula is C16H21F5N4. The Balaban J connectivity index is 1.77. The van der Waals surface area contributed by atoms with Gasteiger partial charge in [-0.3, -0.25) is 9.89 Å². The molecule has 2 rings (SSSR count). The molecule has 1 fully saturated rings. The summed E-state index contributed by atoms with van der Waals surface area (Å²) in [6.07, 6.45) is -3.52. The van der Waals surface area contributed by atoms with E-state index in [4.69, 9.17) is 0 Å². The summed E-state index contributed by atoms with van der Waals surface area (Å²) in [5.74, 6) is -0.593. The Morgan fingerprint density at radius 1 is 1.28 bits per heavy atom. The second-order valence-electron chi connectivity index (χ2n) is 6.05. The number of aliphatic imine (C=N–C) groups is 1. The van der Waals surface area contributed by atoms with Crippen molar-refractivity contribution in [2.24, 2.45) is 10.9 Å². The van der Waals surface area contributed by atoms with E-state index in [1.54, 1.807) is 0 Å². The highest BCUT2D eigenvalue weighted by atomic mass is 19.4. The number of nitrogens with zero attached hydrogens (tertiary/aromatic N) is 2. The fourth-order valence-corrected chi connectivity index (χ4v) is 2.80. The molecule has 0 spiro atoms. The van der Waals surface area contributed by atoms with E-state index in [1.165, 1.54) is 11.9 Å². The zero-order valence-electron chi connectivity index (χ0n) is 13.8. The third kappa shape index (κ3) is 6.49. The molecule has 0 amide bonds. The van der Waals surface area contributed by atoms with Gasteiger partial charge in [-0.1, -0.05) is 0 Å². The highest BCUT2D eigenvalue weighted by Crippen LogP contribution is 2.22. The van der Waals surface area contributed by atoms with E-state index >= 15 is 0 Å². The first-order chi connectivity index (χ1) is 11.8. The molecule has 1 aromatic rings. The molecule has 0 aliphatic carbocycles. The number of halogens is 5. The van der Waals surface area contributed by atoms with Gasteiger partial charge in [-0.15, -0.1) is 0 Å². The molecular weight excluding hydrogens is 343 g/mol. The van der Waals surface area contributed by atoms with Gasteiger partial charge in [0.05, 0.1) is 6.54 Å². The highest BCUT2D eigenvalue weighted by Gasteiger charge is 2.34. The number of nitrogens with one attached hydrogen (secondary N) is 2. The van der Waals surface area contributed by atoms with Crippen molar-refractivity contribution in [1.82, 2.24) is 15.5 Å². The minimum absolute atomic E-state index is 0.0497. The zero-order valence-corrected chi connectivity index (χ0v) is 13.8. The molecule has 0 bridgehead atoms. The topological polar surface area (TPSA) is 39.7 Å². The summed E-state index contributed by atoms with van der Waals surface area (Å²) in [6.45, 7) is 0.386. The molecule has 1 unspecified atom stereocenters. The van der Waals surface area contributed by atoms with Gasteiger partial charge in [0, 0.05) is 32.2 Å². The first-order valence-electron chi connectivity index (χ1n) is 7.94. The van der Waals surface area contributed by atoms with Crippen LogP contribution >= 0.6 is 0 Å². The number of rotatable bonds is 5. The average molecular weight is 364 g/mol. The van der Waals surface area contributed by atoms with E-state index in [1.807, 2.05) is 0 Å². The van der Waals surface area contributed by atoms with Crippen LogP contribution in [0.1, 0.15) is 12.0 Å². The van der Waals surface area contributed by atoms with Crippen LogP contribution in [0, 0.1) is 17.6 Å². The van der Waals surface area contributed by atoms with Crippen LogP contribution in [0.5, 0.6) is 0 Å². The van der Waals surface area contributed by atoms with Gasteiger partial charge in [0.1, 0.15) is 11.6 Å². The van der Waals surface area contributed by atoms with Crippen molar-refractivity contribution in [1.29, 1.82) is 0 Å². The van der Waals surface area contributed by atoms with Gasteiger partial charge < -0.3 is 10.6 Å². The highest BCUT2D eigenvalue weighted by molar-refractivity contribution is 5.79. The van der Waals surface area contributed by atoms with Gasteiger partial charge in [-0.25, -0.2) is 8.78 Å². The lowest BCUT2D eigenvalue weighted by molar-refractivity contribution is -0.143.